The van der Waals surface area contributed by atoms with Gasteiger partial charge >= 0.3 is 0 Å². The van der Waals surface area contributed by atoms with Crippen LogP contribution in [0.2, 0.25) is 0 Å². The first-order chi connectivity index (χ1) is 8.72. The van der Waals surface area contributed by atoms with Gasteiger partial charge in [0.2, 0.25) is 0 Å². The van der Waals surface area contributed by atoms with Crippen LogP contribution in [-0.4, -0.2) is 31.1 Å². The van der Waals surface area contributed by atoms with Gasteiger partial charge in [-0.25, -0.2) is 0 Å². The summed E-state index contributed by atoms with van der Waals surface area (Å²) in [6.07, 6.45) is 2.34. The van der Waals surface area contributed by atoms with Crippen molar-refractivity contribution < 1.29 is 0 Å². The summed E-state index contributed by atoms with van der Waals surface area (Å²) in [6, 6.07) is 8.42. The molecule has 2 rings (SSSR count). The summed E-state index contributed by atoms with van der Waals surface area (Å²) in [5, 5.41) is 0. The van der Waals surface area contributed by atoms with Crippen LogP contribution in [0.15, 0.2) is 28.7 Å². The van der Waals surface area contributed by atoms with Crippen molar-refractivity contribution in [3.8, 4) is 0 Å². The summed E-state index contributed by atoms with van der Waals surface area (Å²) in [6.45, 7) is 4.01. The Balaban J connectivity index is 1.95. The summed E-state index contributed by atoms with van der Waals surface area (Å²) in [4.78, 5) is 2.43. The highest BCUT2D eigenvalue weighted by atomic mass is 79.9. The van der Waals surface area contributed by atoms with E-state index in [1.807, 2.05) is 6.07 Å². The Morgan fingerprint density at radius 3 is 2.56 bits per heavy atom. The lowest BCUT2D eigenvalue weighted by molar-refractivity contribution is 0.172. The molecule has 0 spiro atoms. The molecule has 0 bridgehead atoms. The second kappa shape index (κ2) is 6.66. The minimum absolute atomic E-state index is 0.139. The van der Waals surface area contributed by atoms with Crippen LogP contribution < -0.4 is 11.5 Å². The van der Waals surface area contributed by atoms with Gasteiger partial charge < -0.3 is 16.4 Å². The standard InChI is InChI=1S/C14H22BrN3/c15-13-4-2-1-3-12(13)14(17)11-5-8-18(9-6-11)10-7-16/h1-4,11,14H,5-10,16-17H2. The first-order valence-corrected chi connectivity index (χ1v) is 7.44. The third-order valence-electron chi connectivity index (χ3n) is 3.85. The van der Waals surface area contributed by atoms with E-state index in [-0.39, 0.29) is 6.04 Å². The van der Waals surface area contributed by atoms with E-state index in [4.69, 9.17) is 11.5 Å². The molecule has 1 fully saturated rings. The monoisotopic (exact) mass is 311 g/mol. The maximum atomic E-state index is 6.42. The van der Waals surface area contributed by atoms with Crippen molar-refractivity contribution in [3.05, 3.63) is 34.3 Å². The van der Waals surface area contributed by atoms with Gasteiger partial charge in [0.15, 0.2) is 0 Å². The number of hydrogen-bond acceptors (Lipinski definition) is 3. The fourth-order valence-corrected chi connectivity index (χ4v) is 3.27. The third kappa shape index (κ3) is 3.32. The molecule has 3 nitrogen and oxygen atoms in total. The summed E-state index contributed by atoms with van der Waals surface area (Å²) in [5.74, 6) is 0.581. The molecule has 1 aromatic rings. The van der Waals surface area contributed by atoms with E-state index in [2.05, 4.69) is 39.0 Å². The Hall–Kier alpha value is -0.420. The van der Waals surface area contributed by atoms with E-state index in [1.165, 1.54) is 18.4 Å². The summed E-state index contributed by atoms with van der Waals surface area (Å²) >= 11 is 3.59. The van der Waals surface area contributed by atoms with Crippen LogP contribution >= 0.6 is 15.9 Å². The Bertz CT molecular complexity index is 375. The quantitative estimate of drug-likeness (QED) is 0.895. The van der Waals surface area contributed by atoms with Crippen LogP contribution in [0.5, 0.6) is 0 Å². The van der Waals surface area contributed by atoms with Crippen molar-refractivity contribution in [2.75, 3.05) is 26.2 Å². The topological polar surface area (TPSA) is 55.3 Å². The fourth-order valence-electron chi connectivity index (χ4n) is 2.72. The molecular weight excluding hydrogens is 290 g/mol. The highest BCUT2D eigenvalue weighted by Gasteiger charge is 2.25. The maximum absolute atomic E-state index is 6.42. The molecule has 0 aliphatic carbocycles. The van der Waals surface area contributed by atoms with Crippen molar-refractivity contribution in [2.45, 2.75) is 18.9 Å². The average Bonchev–Trinajstić information content (AvgIpc) is 2.40. The zero-order valence-electron chi connectivity index (χ0n) is 10.7. The molecule has 18 heavy (non-hydrogen) atoms. The predicted octanol–water partition coefficient (Wildman–Crippen LogP) is 2.12. The third-order valence-corrected chi connectivity index (χ3v) is 4.57. The normalized spacial score (nSPS) is 19.9. The second-order valence-corrected chi connectivity index (χ2v) is 5.87. The van der Waals surface area contributed by atoms with Crippen LogP contribution in [0, 0.1) is 5.92 Å². The molecule has 4 N–H and O–H groups in total. The summed E-state index contributed by atoms with van der Waals surface area (Å²) in [5.41, 5.74) is 13.2. The molecule has 4 heteroatoms. The molecule has 0 saturated carbocycles. The van der Waals surface area contributed by atoms with Crippen molar-refractivity contribution in [1.82, 2.24) is 4.90 Å². The van der Waals surface area contributed by atoms with E-state index >= 15 is 0 Å². The van der Waals surface area contributed by atoms with Crippen LogP contribution in [0.3, 0.4) is 0 Å². The van der Waals surface area contributed by atoms with Crippen molar-refractivity contribution in [3.63, 3.8) is 0 Å². The molecule has 1 saturated heterocycles. The van der Waals surface area contributed by atoms with Gasteiger partial charge in [-0.3, -0.25) is 0 Å². The van der Waals surface area contributed by atoms with Gasteiger partial charge in [0.25, 0.3) is 0 Å². The van der Waals surface area contributed by atoms with Crippen molar-refractivity contribution in [2.24, 2.45) is 17.4 Å². The molecule has 1 heterocycles. The highest BCUT2D eigenvalue weighted by molar-refractivity contribution is 9.10. The highest BCUT2D eigenvalue weighted by Crippen LogP contribution is 2.32. The van der Waals surface area contributed by atoms with Crippen LogP contribution in [-0.2, 0) is 0 Å². The molecule has 1 aromatic carbocycles. The van der Waals surface area contributed by atoms with Gasteiger partial charge in [0.05, 0.1) is 0 Å². The lowest BCUT2D eigenvalue weighted by Gasteiger charge is -2.34. The summed E-state index contributed by atoms with van der Waals surface area (Å²) in [7, 11) is 0. The van der Waals surface area contributed by atoms with Gasteiger partial charge in [-0.2, -0.15) is 0 Å². The van der Waals surface area contributed by atoms with Crippen LogP contribution in [0.25, 0.3) is 0 Å². The zero-order valence-corrected chi connectivity index (χ0v) is 12.3. The number of benzene rings is 1. The molecule has 0 amide bonds. The number of piperidine rings is 1. The Morgan fingerprint density at radius 1 is 1.28 bits per heavy atom. The second-order valence-electron chi connectivity index (χ2n) is 5.02. The van der Waals surface area contributed by atoms with Gasteiger partial charge in [-0.05, 0) is 43.5 Å². The lowest BCUT2D eigenvalue weighted by atomic mass is 9.86. The predicted molar refractivity (Wildman–Crippen MR) is 79.3 cm³/mol. The van der Waals surface area contributed by atoms with Gasteiger partial charge in [-0.1, -0.05) is 34.1 Å². The molecule has 1 atom stereocenters. The number of rotatable bonds is 4. The number of likely N-dealkylation sites (tertiary alicyclic amines) is 1. The van der Waals surface area contributed by atoms with Crippen molar-refractivity contribution in [1.29, 1.82) is 0 Å². The SMILES string of the molecule is NCCN1CCC(C(N)c2ccccc2Br)CC1. The minimum atomic E-state index is 0.139. The van der Waals surface area contributed by atoms with E-state index in [0.717, 1.165) is 30.7 Å². The maximum Gasteiger partial charge on any atom is 0.0335 e. The number of nitrogens with two attached hydrogens (primary N) is 2. The van der Waals surface area contributed by atoms with E-state index in [9.17, 15) is 0 Å². The summed E-state index contributed by atoms with van der Waals surface area (Å²) < 4.78 is 1.13. The molecule has 1 aliphatic rings. The zero-order chi connectivity index (χ0) is 13.0. The minimum Gasteiger partial charge on any atom is -0.329 e. The number of hydrogen-bond donors (Lipinski definition) is 2. The van der Waals surface area contributed by atoms with Gasteiger partial charge in [0.1, 0.15) is 0 Å². The average molecular weight is 312 g/mol. The molecule has 0 aromatic heterocycles. The first kappa shape index (κ1) is 14.0. The van der Waals surface area contributed by atoms with Crippen LogP contribution in [0.1, 0.15) is 24.4 Å². The molecule has 1 unspecified atom stereocenters. The molecular formula is C14H22BrN3. The fraction of sp³-hybridized carbons (Fsp3) is 0.571. The Morgan fingerprint density at radius 2 is 1.94 bits per heavy atom. The van der Waals surface area contributed by atoms with Crippen LogP contribution in [0.4, 0.5) is 0 Å². The first-order valence-electron chi connectivity index (χ1n) is 6.65. The number of halogens is 1. The Labute approximate surface area is 118 Å². The smallest absolute Gasteiger partial charge is 0.0335 e. The lowest BCUT2D eigenvalue weighted by Crippen LogP contribution is -2.39. The van der Waals surface area contributed by atoms with Gasteiger partial charge in [0, 0.05) is 23.6 Å². The molecule has 100 valence electrons. The Kier molecular flexibility index (Phi) is 5.18. The van der Waals surface area contributed by atoms with E-state index in [1.54, 1.807) is 0 Å². The largest absolute Gasteiger partial charge is 0.329 e. The van der Waals surface area contributed by atoms with Crippen molar-refractivity contribution >= 4 is 15.9 Å². The number of nitrogens with zero attached hydrogens (tertiary/aromatic N) is 1. The van der Waals surface area contributed by atoms with E-state index in [0.29, 0.717) is 5.92 Å². The van der Waals surface area contributed by atoms with E-state index < -0.39 is 0 Å². The van der Waals surface area contributed by atoms with Gasteiger partial charge in [-0.15, -0.1) is 0 Å². The molecule has 0 radical (unpaired) electrons. The molecule has 1 aliphatic heterocycles.